The highest BCUT2D eigenvalue weighted by atomic mass is 19.1. The van der Waals surface area contributed by atoms with Gasteiger partial charge in [-0.2, -0.15) is 0 Å². The number of likely N-dealkylation sites (tertiary alicyclic amines) is 1. The van der Waals surface area contributed by atoms with Crippen LogP contribution in [0.1, 0.15) is 67.5 Å². The van der Waals surface area contributed by atoms with Gasteiger partial charge in [0.05, 0.1) is 20.3 Å². The molecule has 3 aliphatic rings. The number of aromatic nitrogens is 1. The van der Waals surface area contributed by atoms with E-state index in [0.29, 0.717) is 31.9 Å². The van der Waals surface area contributed by atoms with E-state index in [2.05, 4.69) is 29.4 Å². The Kier molecular flexibility index (Phi) is 8.92. The predicted octanol–water partition coefficient (Wildman–Crippen LogP) is 4.42. The molecule has 0 aliphatic carbocycles. The molecule has 2 fully saturated rings. The molecular weight excluding hydrogens is 511 g/mol. The van der Waals surface area contributed by atoms with Crippen molar-refractivity contribution in [3.8, 4) is 5.75 Å². The van der Waals surface area contributed by atoms with Gasteiger partial charge in [0.15, 0.2) is 11.6 Å². The monoisotopic (exact) mass is 554 g/mol. The lowest BCUT2D eigenvalue weighted by molar-refractivity contribution is -0.143. The molecule has 0 bridgehead atoms. The van der Waals surface area contributed by atoms with Gasteiger partial charge in [-0.05, 0) is 81.4 Å². The minimum absolute atomic E-state index is 0.0148. The summed E-state index contributed by atoms with van der Waals surface area (Å²) in [6.45, 7) is 6.22. The lowest BCUT2D eigenvalue weighted by atomic mass is 9.79. The number of aryl methyl sites for hydroxylation is 2. The number of carboxylic acids is 1. The number of pyridine rings is 1. The quantitative estimate of drug-likeness (QED) is 0.373. The number of ether oxygens (including phenoxy) is 2. The number of likely N-dealkylation sites (N-methyl/N-ethyl adjacent to an activating group) is 1. The first-order valence-electron chi connectivity index (χ1n) is 14.6. The standard InChI is InChI=1S/C31H43FN4O4/c1-31(19-40-20-31)22-16-25(28(39-3)26(32)17-22)27(30(37)38)36-15-12-24(18-36)35(2)14-6-4-5-9-23-11-10-21-8-7-13-33-29(21)34-23/h10-11,16-17,24,27H,4-9,12-15,18-20H2,1-3H3,(H,33,34)(H,37,38)/t24-,27+/m1/s1. The van der Waals surface area contributed by atoms with Crippen molar-refractivity contribution in [2.75, 3.05) is 58.9 Å². The van der Waals surface area contributed by atoms with Crippen LogP contribution in [-0.2, 0) is 27.8 Å². The van der Waals surface area contributed by atoms with E-state index >= 15 is 4.39 Å². The Morgan fingerprint density at radius 1 is 1.32 bits per heavy atom. The number of benzene rings is 1. The summed E-state index contributed by atoms with van der Waals surface area (Å²) in [5.74, 6) is -0.434. The fourth-order valence-electron chi connectivity index (χ4n) is 6.34. The highest BCUT2D eigenvalue weighted by molar-refractivity contribution is 5.77. The molecule has 1 aromatic carbocycles. The zero-order valence-electron chi connectivity index (χ0n) is 24.0. The van der Waals surface area contributed by atoms with Crippen LogP contribution in [0.2, 0.25) is 0 Å². The first kappa shape index (κ1) is 28.8. The molecule has 0 spiro atoms. The second-order valence-electron chi connectivity index (χ2n) is 11.9. The van der Waals surface area contributed by atoms with Crippen molar-refractivity contribution in [1.82, 2.24) is 14.8 Å². The van der Waals surface area contributed by atoms with Crippen LogP contribution in [0.5, 0.6) is 5.75 Å². The van der Waals surface area contributed by atoms with Crippen molar-refractivity contribution in [3.63, 3.8) is 0 Å². The maximum Gasteiger partial charge on any atom is 0.325 e. The second kappa shape index (κ2) is 12.4. The molecule has 0 amide bonds. The number of hydrogen-bond donors (Lipinski definition) is 2. The molecule has 3 aliphatic heterocycles. The Morgan fingerprint density at radius 3 is 2.88 bits per heavy atom. The van der Waals surface area contributed by atoms with Crippen LogP contribution in [-0.4, -0.2) is 85.5 Å². The van der Waals surface area contributed by atoms with E-state index in [-0.39, 0.29) is 17.2 Å². The molecule has 5 rings (SSSR count). The first-order valence-corrected chi connectivity index (χ1v) is 14.6. The molecule has 40 heavy (non-hydrogen) atoms. The summed E-state index contributed by atoms with van der Waals surface area (Å²) in [6.07, 6.45) is 7.45. The van der Waals surface area contributed by atoms with E-state index in [4.69, 9.17) is 14.5 Å². The number of carbonyl (C=O) groups is 1. The molecule has 2 atom stereocenters. The summed E-state index contributed by atoms with van der Waals surface area (Å²) in [5.41, 5.74) is 3.31. The number of fused-ring (bicyclic) bond motifs is 1. The van der Waals surface area contributed by atoms with Gasteiger partial charge in [0.1, 0.15) is 11.9 Å². The molecule has 8 nitrogen and oxygen atoms in total. The highest BCUT2D eigenvalue weighted by Gasteiger charge is 2.40. The number of methoxy groups -OCH3 is 1. The number of rotatable bonds is 12. The summed E-state index contributed by atoms with van der Waals surface area (Å²) in [7, 11) is 3.52. The zero-order valence-corrected chi connectivity index (χ0v) is 24.0. The summed E-state index contributed by atoms with van der Waals surface area (Å²) in [6, 6.07) is 6.95. The average Bonchev–Trinajstić information content (AvgIpc) is 3.41. The van der Waals surface area contributed by atoms with Crippen LogP contribution < -0.4 is 10.1 Å². The van der Waals surface area contributed by atoms with E-state index in [1.54, 1.807) is 0 Å². The van der Waals surface area contributed by atoms with Crippen LogP contribution in [0.3, 0.4) is 0 Å². The smallest absolute Gasteiger partial charge is 0.325 e. The number of carboxylic acid groups (broad SMARTS) is 1. The number of halogens is 1. The topological polar surface area (TPSA) is 87.2 Å². The Balaban J connectivity index is 1.15. The van der Waals surface area contributed by atoms with Crippen LogP contribution in [0.25, 0.3) is 0 Å². The number of hydrogen-bond acceptors (Lipinski definition) is 7. The molecule has 0 unspecified atom stereocenters. The molecule has 2 saturated heterocycles. The van der Waals surface area contributed by atoms with Gasteiger partial charge in [0.2, 0.25) is 0 Å². The van der Waals surface area contributed by atoms with Crippen molar-refractivity contribution in [1.29, 1.82) is 0 Å². The summed E-state index contributed by atoms with van der Waals surface area (Å²) in [5, 5.41) is 13.7. The predicted molar refractivity (Wildman–Crippen MR) is 153 cm³/mol. The second-order valence-corrected chi connectivity index (χ2v) is 11.9. The van der Waals surface area contributed by atoms with Gasteiger partial charge in [0.25, 0.3) is 0 Å². The van der Waals surface area contributed by atoms with Gasteiger partial charge in [-0.25, -0.2) is 9.37 Å². The molecule has 9 heteroatoms. The summed E-state index contributed by atoms with van der Waals surface area (Å²) < 4.78 is 25.9. The molecule has 4 heterocycles. The Hall–Kier alpha value is -2.75. The van der Waals surface area contributed by atoms with E-state index in [1.807, 2.05) is 17.9 Å². The lowest BCUT2D eigenvalue weighted by Crippen LogP contribution is -2.44. The van der Waals surface area contributed by atoms with Gasteiger partial charge in [-0.15, -0.1) is 0 Å². The largest absolute Gasteiger partial charge is 0.493 e. The van der Waals surface area contributed by atoms with Gasteiger partial charge in [-0.3, -0.25) is 9.69 Å². The van der Waals surface area contributed by atoms with Gasteiger partial charge in [-0.1, -0.05) is 19.4 Å². The van der Waals surface area contributed by atoms with E-state index in [0.717, 1.165) is 68.7 Å². The van der Waals surface area contributed by atoms with Crippen molar-refractivity contribution in [2.24, 2.45) is 0 Å². The number of unbranched alkanes of at least 4 members (excludes halogenated alkanes) is 2. The third-order valence-electron chi connectivity index (χ3n) is 8.92. The molecular formula is C31H43FN4O4. The molecule has 2 aromatic rings. The Labute approximate surface area is 236 Å². The van der Waals surface area contributed by atoms with Gasteiger partial charge < -0.3 is 24.8 Å². The zero-order chi connectivity index (χ0) is 28.3. The van der Waals surface area contributed by atoms with Crippen molar-refractivity contribution < 1.29 is 23.8 Å². The third-order valence-corrected chi connectivity index (χ3v) is 8.92. The van der Waals surface area contributed by atoms with Crippen LogP contribution in [0.4, 0.5) is 10.2 Å². The van der Waals surface area contributed by atoms with E-state index in [9.17, 15) is 9.90 Å². The van der Waals surface area contributed by atoms with Gasteiger partial charge >= 0.3 is 5.97 Å². The number of nitrogens with one attached hydrogen (secondary N) is 1. The van der Waals surface area contributed by atoms with Gasteiger partial charge in [0, 0.05) is 42.3 Å². The lowest BCUT2D eigenvalue weighted by Gasteiger charge is -2.39. The Morgan fingerprint density at radius 2 is 2.15 bits per heavy atom. The van der Waals surface area contributed by atoms with Crippen LogP contribution >= 0.6 is 0 Å². The maximum atomic E-state index is 15.1. The van der Waals surface area contributed by atoms with Crippen molar-refractivity contribution >= 4 is 11.8 Å². The molecule has 0 radical (unpaired) electrons. The molecule has 1 aromatic heterocycles. The number of aliphatic carboxylic acids is 1. The Bertz CT molecular complexity index is 1200. The summed E-state index contributed by atoms with van der Waals surface area (Å²) >= 11 is 0. The summed E-state index contributed by atoms with van der Waals surface area (Å²) in [4.78, 5) is 21.7. The van der Waals surface area contributed by atoms with Crippen LogP contribution in [0, 0.1) is 5.82 Å². The molecule has 218 valence electrons. The number of anilines is 1. The molecule has 0 saturated carbocycles. The minimum atomic E-state index is -0.987. The third kappa shape index (κ3) is 6.11. The fraction of sp³-hybridized carbons (Fsp3) is 0.613. The van der Waals surface area contributed by atoms with E-state index in [1.165, 1.54) is 25.2 Å². The maximum absolute atomic E-state index is 15.1. The molecule has 2 N–H and O–H groups in total. The normalized spacial score (nSPS) is 21.0. The average molecular weight is 555 g/mol. The minimum Gasteiger partial charge on any atom is -0.493 e. The SMILES string of the molecule is COc1c(F)cc(C2(C)COC2)cc1[C@@H](C(=O)O)N1CC[C@@H](N(C)CCCCCc2ccc3c(n2)NCCC3)C1. The first-order chi connectivity index (χ1) is 19.3. The fourth-order valence-corrected chi connectivity index (χ4v) is 6.34. The van der Waals surface area contributed by atoms with E-state index < -0.39 is 17.8 Å². The highest BCUT2D eigenvalue weighted by Crippen LogP contribution is 2.40. The number of nitrogens with zero attached hydrogens (tertiary/aromatic N) is 3. The van der Waals surface area contributed by atoms with Crippen LogP contribution in [0.15, 0.2) is 24.3 Å². The van der Waals surface area contributed by atoms with Crippen molar-refractivity contribution in [3.05, 3.63) is 52.5 Å². The van der Waals surface area contributed by atoms with Crippen molar-refractivity contribution in [2.45, 2.75) is 69.4 Å².